The third kappa shape index (κ3) is 6.19. The predicted molar refractivity (Wildman–Crippen MR) is 153 cm³/mol. The second-order valence-corrected chi connectivity index (χ2v) is 10.2. The van der Waals surface area contributed by atoms with Crippen LogP contribution in [-0.2, 0) is 14.3 Å². The average molecular weight is 581 g/mol. The van der Waals surface area contributed by atoms with E-state index >= 15 is 0 Å². The summed E-state index contributed by atoms with van der Waals surface area (Å²) in [4.78, 5) is 43.4. The van der Waals surface area contributed by atoms with Crippen molar-refractivity contribution < 1.29 is 33.3 Å². The summed E-state index contributed by atoms with van der Waals surface area (Å²) in [5, 5.41) is 0. The van der Waals surface area contributed by atoms with Crippen molar-refractivity contribution in [3.63, 3.8) is 0 Å². The van der Waals surface area contributed by atoms with Gasteiger partial charge in [0, 0.05) is 6.92 Å². The van der Waals surface area contributed by atoms with Gasteiger partial charge in [-0.3, -0.25) is 14.2 Å². The number of thiazole rings is 1. The molecule has 0 unspecified atom stereocenters. The number of hydrogen-bond acceptors (Lipinski definition) is 10. The van der Waals surface area contributed by atoms with E-state index in [0.29, 0.717) is 38.7 Å². The third-order valence-corrected chi connectivity index (χ3v) is 7.41. The van der Waals surface area contributed by atoms with Crippen molar-refractivity contribution >= 4 is 29.4 Å². The number of hydrogen-bond donors (Lipinski definition) is 0. The Morgan fingerprint density at radius 1 is 1.02 bits per heavy atom. The Bertz CT molecular complexity index is 1690. The van der Waals surface area contributed by atoms with Crippen LogP contribution < -0.4 is 33.8 Å². The number of carbonyl (C=O) groups excluding carboxylic acids is 2. The van der Waals surface area contributed by atoms with Crippen molar-refractivity contribution in [1.29, 1.82) is 0 Å². The summed E-state index contributed by atoms with van der Waals surface area (Å²) in [7, 11) is 4.28. The van der Waals surface area contributed by atoms with Gasteiger partial charge in [-0.05, 0) is 54.8 Å². The highest BCUT2D eigenvalue weighted by atomic mass is 32.1. The summed E-state index contributed by atoms with van der Waals surface area (Å²) in [6.45, 7) is 5.66. The number of rotatable bonds is 10. The van der Waals surface area contributed by atoms with Crippen molar-refractivity contribution in [1.82, 2.24) is 4.57 Å². The number of unbranched alkanes of at least 4 members (excludes halogenated alkanes) is 1. The molecule has 0 bridgehead atoms. The molecule has 1 atom stereocenters. The standard InChI is InChI=1S/C30H32N2O8S/c1-7-8-13-39-21-11-9-19(14-23(21)36-4)15-25-28(34)32-27(26(29(35)38-6)17(2)31-30(32)41-25)20-10-12-22(40-18(3)33)24(16-20)37-5/h9-12,14-16,27H,7-8,13H2,1-6H3/b25-15+/t27-/m1/s1. The lowest BCUT2D eigenvalue weighted by atomic mass is 9.95. The molecule has 0 N–H and O–H groups in total. The zero-order valence-corrected chi connectivity index (χ0v) is 24.6. The smallest absolute Gasteiger partial charge is 0.338 e. The average Bonchev–Trinajstić information content (AvgIpc) is 3.26. The first-order valence-electron chi connectivity index (χ1n) is 13.0. The Kier molecular flexibility index (Phi) is 9.28. The van der Waals surface area contributed by atoms with Crippen LogP contribution in [0.4, 0.5) is 0 Å². The summed E-state index contributed by atoms with van der Waals surface area (Å²) < 4.78 is 29.0. The molecule has 1 aliphatic rings. The molecule has 4 rings (SSSR count). The maximum Gasteiger partial charge on any atom is 0.338 e. The lowest BCUT2D eigenvalue weighted by Crippen LogP contribution is -2.39. The van der Waals surface area contributed by atoms with Crippen molar-refractivity contribution in [2.75, 3.05) is 27.9 Å². The largest absolute Gasteiger partial charge is 0.493 e. The number of fused-ring (bicyclic) bond motifs is 1. The van der Waals surface area contributed by atoms with Crippen molar-refractivity contribution in [3.8, 4) is 23.0 Å². The van der Waals surface area contributed by atoms with Gasteiger partial charge in [0.1, 0.15) is 0 Å². The van der Waals surface area contributed by atoms with E-state index in [-0.39, 0.29) is 22.6 Å². The number of ether oxygens (including phenoxy) is 5. The van der Waals surface area contributed by atoms with E-state index in [4.69, 9.17) is 23.7 Å². The number of carbonyl (C=O) groups is 2. The van der Waals surface area contributed by atoms with Crippen LogP contribution in [0, 0.1) is 0 Å². The van der Waals surface area contributed by atoms with Crippen LogP contribution in [0.5, 0.6) is 23.0 Å². The van der Waals surface area contributed by atoms with Crippen LogP contribution >= 0.6 is 11.3 Å². The van der Waals surface area contributed by atoms with E-state index in [1.54, 1.807) is 44.4 Å². The molecule has 1 aliphatic heterocycles. The van der Waals surface area contributed by atoms with E-state index in [9.17, 15) is 14.4 Å². The molecule has 216 valence electrons. The van der Waals surface area contributed by atoms with Gasteiger partial charge >= 0.3 is 11.9 Å². The molecule has 1 aromatic heterocycles. The molecular formula is C30H32N2O8S. The molecular weight excluding hydrogens is 548 g/mol. The minimum atomic E-state index is -0.856. The maximum atomic E-state index is 13.9. The minimum absolute atomic E-state index is 0.212. The molecule has 41 heavy (non-hydrogen) atoms. The van der Waals surface area contributed by atoms with E-state index in [2.05, 4.69) is 11.9 Å². The van der Waals surface area contributed by atoms with Gasteiger partial charge in [0.25, 0.3) is 5.56 Å². The SMILES string of the molecule is CCCCOc1ccc(/C=c2/sc3n(c2=O)[C@H](c2ccc(OC(C)=O)c(OC)c2)C(C(=O)OC)=C(C)N=3)cc1OC. The molecule has 2 heterocycles. The number of esters is 2. The van der Waals surface area contributed by atoms with Crippen LogP contribution in [0.1, 0.15) is 50.8 Å². The summed E-state index contributed by atoms with van der Waals surface area (Å²) in [6, 6.07) is 9.48. The Morgan fingerprint density at radius 3 is 2.39 bits per heavy atom. The van der Waals surface area contributed by atoms with Gasteiger partial charge in [0.2, 0.25) is 0 Å². The Morgan fingerprint density at radius 2 is 1.73 bits per heavy atom. The number of benzene rings is 2. The zero-order valence-electron chi connectivity index (χ0n) is 23.8. The van der Waals surface area contributed by atoms with Crippen LogP contribution in [0.25, 0.3) is 6.08 Å². The monoisotopic (exact) mass is 580 g/mol. The van der Waals surface area contributed by atoms with Crippen LogP contribution in [0.15, 0.2) is 57.5 Å². The predicted octanol–water partition coefficient (Wildman–Crippen LogP) is 3.53. The summed E-state index contributed by atoms with van der Waals surface area (Å²) in [6.07, 6.45) is 3.70. The molecule has 0 aliphatic carbocycles. The van der Waals surface area contributed by atoms with Gasteiger partial charge in [0.15, 0.2) is 27.8 Å². The van der Waals surface area contributed by atoms with Gasteiger partial charge in [-0.2, -0.15) is 0 Å². The first-order valence-corrected chi connectivity index (χ1v) is 13.8. The van der Waals surface area contributed by atoms with Gasteiger partial charge in [-0.15, -0.1) is 0 Å². The molecule has 0 fully saturated rings. The molecule has 0 saturated heterocycles. The Labute approximate surface area is 241 Å². The zero-order chi connectivity index (χ0) is 29.7. The third-order valence-electron chi connectivity index (χ3n) is 6.43. The van der Waals surface area contributed by atoms with Crippen molar-refractivity contribution in [2.24, 2.45) is 4.99 Å². The molecule has 3 aromatic rings. The van der Waals surface area contributed by atoms with E-state index in [0.717, 1.165) is 18.4 Å². The summed E-state index contributed by atoms with van der Waals surface area (Å²) in [5.74, 6) is 0.553. The first kappa shape index (κ1) is 29.6. The fraction of sp³-hybridized carbons (Fsp3) is 0.333. The highest BCUT2D eigenvalue weighted by Crippen LogP contribution is 2.36. The molecule has 0 spiro atoms. The second-order valence-electron chi connectivity index (χ2n) is 9.19. The molecule has 0 radical (unpaired) electrons. The number of aromatic nitrogens is 1. The highest BCUT2D eigenvalue weighted by Gasteiger charge is 2.33. The van der Waals surface area contributed by atoms with Gasteiger partial charge in [-0.1, -0.05) is 36.8 Å². The molecule has 11 heteroatoms. The number of allylic oxidation sites excluding steroid dienone is 1. The Hall–Kier alpha value is -4.38. The number of methoxy groups -OCH3 is 3. The Balaban J connectivity index is 1.86. The molecule has 0 amide bonds. The molecule has 10 nitrogen and oxygen atoms in total. The van der Waals surface area contributed by atoms with Crippen LogP contribution in [-0.4, -0.2) is 44.4 Å². The summed E-state index contributed by atoms with van der Waals surface area (Å²) in [5.41, 5.74) is 1.59. The topological polar surface area (TPSA) is 115 Å². The highest BCUT2D eigenvalue weighted by molar-refractivity contribution is 7.07. The van der Waals surface area contributed by atoms with Crippen molar-refractivity contribution in [3.05, 3.63) is 78.5 Å². The van der Waals surface area contributed by atoms with Crippen LogP contribution in [0.3, 0.4) is 0 Å². The van der Waals surface area contributed by atoms with E-state index < -0.39 is 18.0 Å². The normalized spacial score (nSPS) is 14.7. The lowest BCUT2D eigenvalue weighted by molar-refractivity contribution is -0.136. The van der Waals surface area contributed by atoms with Gasteiger partial charge < -0.3 is 23.7 Å². The van der Waals surface area contributed by atoms with E-state index in [1.165, 1.54) is 37.0 Å². The van der Waals surface area contributed by atoms with Crippen LogP contribution in [0.2, 0.25) is 0 Å². The summed E-state index contributed by atoms with van der Waals surface area (Å²) >= 11 is 1.21. The van der Waals surface area contributed by atoms with Gasteiger partial charge in [0.05, 0.1) is 49.8 Å². The van der Waals surface area contributed by atoms with Gasteiger partial charge in [-0.25, -0.2) is 9.79 Å². The fourth-order valence-corrected chi connectivity index (χ4v) is 5.52. The molecule has 0 saturated carbocycles. The number of nitrogens with zero attached hydrogens (tertiary/aromatic N) is 2. The lowest BCUT2D eigenvalue weighted by Gasteiger charge is -2.25. The second kappa shape index (κ2) is 12.9. The van der Waals surface area contributed by atoms with E-state index in [1.807, 2.05) is 12.1 Å². The quantitative estimate of drug-likeness (QED) is 0.203. The van der Waals surface area contributed by atoms with Crippen molar-refractivity contribution in [2.45, 2.75) is 39.7 Å². The first-order chi connectivity index (χ1) is 19.7. The minimum Gasteiger partial charge on any atom is -0.493 e. The fourth-order valence-electron chi connectivity index (χ4n) is 4.47. The molecule has 2 aromatic carbocycles. The maximum absolute atomic E-state index is 13.9.